The second kappa shape index (κ2) is 10.1. The molecule has 0 aliphatic rings. The van der Waals surface area contributed by atoms with Crippen molar-refractivity contribution >= 4 is 40.5 Å². The SMILES string of the molecule is CN(C)P(=C=P(c1ccccc1)(c1ccccc1)N(C)C)(c1ccccc1)c1ccccc1. The van der Waals surface area contributed by atoms with Crippen molar-refractivity contribution in [1.29, 1.82) is 0 Å². The fraction of sp³-hybridized carbons (Fsp3) is 0.138. The van der Waals surface area contributed by atoms with Gasteiger partial charge in [0.15, 0.2) is 0 Å². The van der Waals surface area contributed by atoms with Gasteiger partial charge in [0, 0.05) is 21.2 Å². The maximum absolute atomic E-state index is 4.42. The van der Waals surface area contributed by atoms with Crippen molar-refractivity contribution in [2.24, 2.45) is 0 Å². The summed E-state index contributed by atoms with van der Waals surface area (Å²) in [7, 11) is 4.46. The molecule has 0 fully saturated rings. The van der Waals surface area contributed by atoms with E-state index >= 15 is 0 Å². The van der Waals surface area contributed by atoms with Crippen LogP contribution in [-0.2, 0) is 0 Å². The number of nitrogens with zero attached hydrogens (tertiary/aromatic N) is 2. The molecule has 4 aromatic rings. The van der Waals surface area contributed by atoms with Gasteiger partial charge in [0.1, 0.15) is 0 Å². The summed E-state index contributed by atoms with van der Waals surface area (Å²) in [5, 5.41) is 9.69. The smallest absolute Gasteiger partial charge is 0.0509 e. The van der Waals surface area contributed by atoms with E-state index < -0.39 is 14.1 Å². The molecule has 0 radical (unpaired) electrons. The number of rotatable bonds is 6. The highest BCUT2D eigenvalue weighted by Gasteiger charge is 2.31. The lowest BCUT2D eigenvalue weighted by molar-refractivity contribution is 0.684. The molecule has 0 aliphatic heterocycles. The molecule has 0 saturated heterocycles. The van der Waals surface area contributed by atoms with E-state index in [2.05, 4.69) is 164 Å². The van der Waals surface area contributed by atoms with E-state index in [-0.39, 0.29) is 0 Å². The fourth-order valence-electron chi connectivity index (χ4n) is 4.42. The minimum absolute atomic E-state index is 1.32. The molecule has 0 unspecified atom stereocenters. The van der Waals surface area contributed by atoms with Crippen LogP contribution in [0.15, 0.2) is 121 Å². The summed E-state index contributed by atoms with van der Waals surface area (Å²) in [5.74, 6) is 0. The van der Waals surface area contributed by atoms with Crippen molar-refractivity contribution < 1.29 is 0 Å². The van der Waals surface area contributed by atoms with Gasteiger partial charge >= 0.3 is 0 Å². The first kappa shape index (κ1) is 23.6. The van der Waals surface area contributed by atoms with Crippen molar-refractivity contribution in [2.45, 2.75) is 0 Å². The topological polar surface area (TPSA) is 6.48 Å². The first-order chi connectivity index (χ1) is 16.0. The molecule has 168 valence electrons. The maximum Gasteiger partial charge on any atom is 0.0509 e. The molecule has 0 aromatic heterocycles. The number of hydrogen-bond donors (Lipinski definition) is 0. The Hall–Kier alpha value is -2.56. The molecule has 0 amide bonds. The lowest BCUT2D eigenvalue weighted by Crippen LogP contribution is -2.32. The summed E-state index contributed by atoms with van der Waals surface area (Å²) in [6.07, 6.45) is 0. The molecular formula is C29H32N2P2. The van der Waals surface area contributed by atoms with Crippen molar-refractivity contribution in [3.63, 3.8) is 0 Å². The molecule has 33 heavy (non-hydrogen) atoms. The maximum atomic E-state index is 4.42. The highest BCUT2D eigenvalue weighted by molar-refractivity contribution is 7.98. The van der Waals surface area contributed by atoms with Crippen molar-refractivity contribution in [1.82, 2.24) is 9.34 Å². The van der Waals surface area contributed by atoms with Crippen LogP contribution in [0.2, 0.25) is 0 Å². The Bertz CT molecular complexity index is 1110. The van der Waals surface area contributed by atoms with Gasteiger partial charge in [-0.2, -0.15) is 0 Å². The molecule has 4 heteroatoms. The van der Waals surface area contributed by atoms with Gasteiger partial charge in [-0.1, -0.05) is 126 Å². The zero-order chi connectivity index (χ0) is 23.3. The Morgan fingerprint density at radius 3 is 0.788 bits per heavy atom. The summed E-state index contributed by atoms with van der Waals surface area (Å²) in [6, 6.07) is 43.8. The zero-order valence-electron chi connectivity index (χ0n) is 19.8. The Kier molecular flexibility index (Phi) is 7.26. The minimum Gasteiger partial charge on any atom is -0.277 e. The van der Waals surface area contributed by atoms with Gasteiger partial charge in [-0.3, -0.25) is 9.34 Å². The van der Waals surface area contributed by atoms with Crippen LogP contribution in [0.5, 0.6) is 0 Å². The summed E-state index contributed by atoms with van der Waals surface area (Å²) >= 11 is 0. The molecule has 0 aliphatic carbocycles. The Labute approximate surface area is 199 Å². The van der Waals surface area contributed by atoms with Crippen LogP contribution in [0.25, 0.3) is 0 Å². The molecule has 4 rings (SSSR count). The van der Waals surface area contributed by atoms with Gasteiger partial charge in [-0.05, 0) is 28.2 Å². The molecule has 0 N–H and O–H groups in total. The number of benzene rings is 4. The lowest BCUT2D eigenvalue weighted by atomic mass is 10.4. The Balaban J connectivity index is 2.38. The molecule has 2 nitrogen and oxygen atoms in total. The largest absolute Gasteiger partial charge is 0.277 e. The Morgan fingerprint density at radius 1 is 0.394 bits per heavy atom. The van der Waals surface area contributed by atoms with Crippen LogP contribution < -0.4 is 21.2 Å². The van der Waals surface area contributed by atoms with Crippen molar-refractivity contribution in [3.8, 4) is 0 Å². The van der Waals surface area contributed by atoms with E-state index in [1.807, 2.05) is 0 Å². The first-order valence-electron chi connectivity index (χ1n) is 11.2. The van der Waals surface area contributed by atoms with Crippen LogP contribution in [0, 0.1) is 0 Å². The van der Waals surface area contributed by atoms with Crippen LogP contribution in [0.3, 0.4) is 0 Å². The fourth-order valence-corrected chi connectivity index (χ4v) is 14.2. The van der Waals surface area contributed by atoms with Crippen LogP contribution in [-0.4, -0.2) is 42.7 Å². The third-order valence-electron chi connectivity index (χ3n) is 6.01. The van der Waals surface area contributed by atoms with E-state index in [1.54, 1.807) is 0 Å². The normalized spacial score (nSPS) is 12.1. The van der Waals surface area contributed by atoms with Crippen molar-refractivity contribution in [2.75, 3.05) is 28.2 Å². The standard InChI is InChI=1S/C29H32N2P2/c1-30(2)32(26-17-9-5-10-18-26,27-19-11-6-12-20-27)25-33(31(3)4,28-21-13-7-14-22-28)29-23-15-8-16-24-29/h5-24H,1-4H3. The molecule has 0 atom stereocenters. The predicted octanol–water partition coefficient (Wildman–Crippen LogP) is 4.91. The molecule has 0 spiro atoms. The van der Waals surface area contributed by atoms with E-state index in [0.717, 1.165) is 0 Å². The zero-order valence-corrected chi connectivity index (χ0v) is 21.6. The molecular weight excluding hydrogens is 438 g/mol. The third-order valence-corrected chi connectivity index (χ3v) is 14.9. The summed E-state index contributed by atoms with van der Waals surface area (Å²) < 4.78 is 4.84. The average molecular weight is 471 g/mol. The van der Waals surface area contributed by atoms with E-state index in [1.165, 1.54) is 21.2 Å². The predicted molar refractivity (Wildman–Crippen MR) is 151 cm³/mol. The minimum atomic E-state index is -2.19. The van der Waals surface area contributed by atoms with E-state index in [4.69, 9.17) is 0 Å². The molecule has 0 heterocycles. The lowest BCUT2D eigenvalue weighted by Gasteiger charge is -2.37. The van der Waals surface area contributed by atoms with E-state index in [9.17, 15) is 0 Å². The highest BCUT2D eigenvalue weighted by Crippen LogP contribution is 2.54. The quantitative estimate of drug-likeness (QED) is 0.370. The number of hydrogen-bond acceptors (Lipinski definition) is 2. The van der Waals surface area contributed by atoms with Gasteiger partial charge < -0.3 is 0 Å². The average Bonchev–Trinajstić information content (AvgIpc) is 2.87. The first-order valence-corrected chi connectivity index (χ1v) is 14.7. The summed E-state index contributed by atoms with van der Waals surface area (Å²) in [6.45, 7) is 0. The van der Waals surface area contributed by atoms with Gasteiger partial charge in [-0.15, -0.1) is 0 Å². The van der Waals surface area contributed by atoms with Gasteiger partial charge in [0.2, 0.25) is 0 Å². The van der Waals surface area contributed by atoms with Gasteiger partial charge in [0.25, 0.3) is 0 Å². The summed E-state index contributed by atoms with van der Waals surface area (Å²) in [4.78, 5) is 0. The second-order valence-corrected chi connectivity index (χ2v) is 15.4. The van der Waals surface area contributed by atoms with Gasteiger partial charge in [-0.25, -0.2) is 0 Å². The molecule has 0 bridgehead atoms. The second-order valence-electron chi connectivity index (χ2n) is 8.41. The monoisotopic (exact) mass is 470 g/mol. The molecule has 4 aromatic carbocycles. The van der Waals surface area contributed by atoms with Gasteiger partial charge in [0.05, 0.1) is 14.1 Å². The molecule has 0 saturated carbocycles. The third kappa shape index (κ3) is 4.34. The van der Waals surface area contributed by atoms with Crippen molar-refractivity contribution in [3.05, 3.63) is 121 Å². The van der Waals surface area contributed by atoms with E-state index in [0.29, 0.717) is 0 Å². The highest BCUT2D eigenvalue weighted by atomic mass is 31.2. The van der Waals surface area contributed by atoms with Crippen LogP contribution in [0.1, 0.15) is 0 Å². The van der Waals surface area contributed by atoms with Crippen LogP contribution >= 0.6 is 14.1 Å². The summed E-state index contributed by atoms with van der Waals surface area (Å²) in [5.41, 5.74) is 0. The van der Waals surface area contributed by atoms with Crippen LogP contribution in [0.4, 0.5) is 0 Å². The Morgan fingerprint density at radius 2 is 0.606 bits per heavy atom.